The maximum Gasteiger partial charge on any atom is 0.255 e. The number of hydrogen-bond acceptors (Lipinski definition) is 3. The average molecular weight is 439 g/mol. The van der Waals surface area contributed by atoms with Crippen LogP contribution in [0, 0.1) is 0 Å². The fourth-order valence-electron chi connectivity index (χ4n) is 4.49. The summed E-state index contributed by atoms with van der Waals surface area (Å²) in [5.74, 6) is 0.131. The van der Waals surface area contributed by atoms with Gasteiger partial charge in [-0.3, -0.25) is 4.79 Å². The maximum atomic E-state index is 13.8. The summed E-state index contributed by atoms with van der Waals surface area (Å²) in [6, 6.07) is 31.4. The van der Waals surface area contributed by atoms with Gasteiger partial charge in [-0.25, -0.2) is 0 Å². The molecule has 1 saturated heterocycles. The fraction of sp³-hybridized carbons (Fsp3) is 0.179. The van der Waals surface area contributed by atoms with Gasteiger partial charge < -0.3 is 10.2 Å². The molecule has 4 heteroatoms. The van der Waals surface area contributed by atoms with Gasteiger partial charge in [-0.15, -0.1) is 11.3 Å². The Labute approximate surface area is 193 Å². The van der Waals surface area contributed by atoms with Crippen LogP contribution in [-0.4, -0.2) is 36.5 Å². The Balaban J connectivity index is 1.48. The smallest absolute Gasteiger partial charge is 0.255 e. The van der Waals surface area contributed by atoms with Crippen LogP contribution in [0.1, 0.15) is 15.9 Å². The Morgan fingerprint density at radius 2 is 1.56 bits per heavy atom. The van der Waals surface area contributed by atoms with Crippen molar-refractivity contribution in [2.75, 3.05) is 19.6 Å². The first-order valence-corrected chi connectivity index (χ1v) is 12.0. The summed E-state index contributed by atoms with van der Waals surface area (Å²) in [7, 11) is 0. The van der Waals surface area contributed by atoms with E-state index in [0.29, 0.717) is 0 Å². The summed E-state index contributed by atoms with van der Waals surface area (Å²) in [4.78, 5) is 16.9. The van der Waals surface area contributed by atoms with Crippen LogP contribution in [0.2, 0.25) is 0 Å². The third-order valence-corrected chi connectivity index (χ3v) is 7.03. The SMILES string of the molecule is O=C(c1ccsc1-c1ccccc1-c1ccccc1)N1CCNC[C@H]1Cc1ccccc1. The minimum absolute atomic E-state index is 0.131. The molecule has 1 aromatic heterocycles. The highest BCUT2D eigenvalue weighted by molar-refractivity contribution is 7.14. The zero-order valence-corrected chi connectivity index (χ0v) is 18.7. The van der Waals surface area contributed by atoms with E-state index in [9.17, 15) is 4.79 Å². The molecule has 5 rings (SSSR count). The summed E-state index contributed by atoms with van der Waals surface area (Å²) in [5.41, 5.74) is 5.51. The second-order valence-corrected chi connectivity index (χ2v) is 9.04. The highest BCUT2D eigenvalue weighted by atomic mass is 32.1. The zero-order valence-electron chi connectivity index (χ0n) is 17.9. The molecule has 3 aromatic carbocycles. The van der Waals surface area contributed by atoms with Crippen molar-refractivity contribution in [3.8, 4) is 21.6 Å². The molecule has 2 heterocycles. The number of thiophene rings is 1. The highest BCUT2D eigenvalue weighted by Gasteiger charge is 2.29. The number of benzene rings is 3. The predicted molar refractivity (Wildman–Crippen MR) is 133 cm³/mol. The van der Waals surface area contributed by atoms with Gasteiger partial charge in [-0.1, -0.05) is 84.9 Å². The van der Waals surface area contributed by atoms with E-state index < -0.39 is 0 Å². The fourth-order valence-corrected chi connectivity index (χ4v) is 5.42. The van der Waals surface area contributed by atoms with Gasteiger partial charge in [0, 0.05) is 36.1 Å². The molecule has 0 radical (unpaired) electrons. The van der Waals surface area contributed by atoms with Crippen LogP contribution < -0.4 is 5.32 Å². The van der Waals surface area contributed by atoms with Crippen LogP contribution in [0.25, 0.3) is 21.6 Å². The van der Waals surface area contributed by atoms with Gasteiger partial charge in [0.15, 0.2) is 0 Å². The van der Waals surface area contributed by atoms with Crippen LogP contribution in [0.5, 0.6) is 0 Å². The van der Waals surface area contributed by atoms with Crippen molar-refractivity contribution in [1.82, 2.24) is 10.2 Å². The van der Waals surface area contributed by atoms with E-state index in [1.165, 1.54) is 11.1 Å². The molecule has 0 saturated carbocycles. The van der Waals surface area contributed by atoms with Crippen LogP contribution >= 0.6 is 11.3 Å². The molecule has 32 heavy (non-hydrogen) atoms. The lowest BCUT2D eigenvalue weighted by molar-refractivity contribution is 0.0637. The summed E-state index contributed by atoms with van der Waals surface area (Å²) in [6.45, 7) is 2.38. The van der Waals surface area contributed by atoms with Crippen LogP contribution in [0.4, 0.5) is 0 Å². The van der Waals surface area contributed by atoms with Crippen LogP contribution in [-0.2, 0) is 6.42 Å². The molecule has 0 spiro atoms. The van der Waals surface area contributed by atoms with Crippen molar-refractivity contribution in [2.24, 2.45) is 0 Å². The number of carbonyl (C=O) groups is 1. The molecular weight excluding hydrogens is 412 g/mol. The number of piperazine rings is 1. The monoisotopic (exact) mass is 438 g/mol. The first kappa shape index (κ1) is 20.7. The van der Waals surface area contributed by atoms with Crippen molar-refractivity contribution in [3.63, 3.8) is 0 Å². The van der Waals surface area contributed by atoms with Gasteiger partial charge in [0.1, 0.15) is 0 Å². The number of amides is 1. The van der Waals surface area contributed by atoms with Crippen molar-refractivity contribution in [2.45, 2.75) is 12.5 Å². The Hall–Kier alpha value is -3.21. The molecule has 1 N–H and O–H groups in total. The molecule has 3 nitrogen and oxygen atoms in total. The Morgan fingerprint density at radius 3 is 2.34 bits per heavy atom. The van der Waals surface area contributed by atoms with E-state index in [1.807, 2.05) is 23.6 Å². The molecule has 1 fully saturated rings. The topological polar surface area (TPSA) is 32.3 Å². The van der Waals surface area contributed by atoms with Gasteiger partial charge >= 0.3 is 0 Å². The van der Waals surface area contributed by atoms with E-state index in [0.717, 1.165) is 47.6 Å². The van der Waals surface area contributed by atoms with Gasteiger partial charge in [0.05, 0.1) is 5.56 Å². The first-order chi connectivity index (χ1) is 15.8. The number of nitrogens with zero attached hydrogens (tertiary/aromatic N) is 1. The summed E-state index contributed by atoms with van der Waals surface area (Å²) >= 11 is 1.65. The summed E-state index contributed by atoms with van der Waals surface area (Å²) < 4.78 is 0. The second kappa shape index (κ2) is 9.51. The normalized spacial score (nSPS) is 16.1. The predicted octanol–water partition coefficient (Wildman–Crippen LogP) is 5.74. The average Bonchev–Trinajstić information content (AvgIpc) is 3.35. The lowest BCUT2D eigenvalue weighted by Gasteiger charge is -2.36. The molecule has 0 unspecified atom stereocenters. The van der Waals surface area contributed by atoms with Crippen LogP contribution in [0.3, 0.4) is 0 Å². The quantitative estimate of drug-likeness (QED) is 0.431. The molecule has 0 bridgehead atoms. The second-order valence-electron chi connectivity index (χ2n) is 8.12. The molecule has 1 aliphatic heterocycles. The van der Waals surface area contributed by atoms with E-state index in [4.69, 9.17) is 0 Å². The largest absolute Gasteiger partial charge is 0.333 e. The Bertz CT molecular complexity index is 1190. The Kier molecular flexibility index (Phi) is 6.15. The molecular formula is C28H26N2OS. The lowest BCUT2D eigenvalue weighted by Crippen LogP contribution is -2.54. The lowest BCUT2D eigenvalue weighted by atomic mass is 9.96. The molecule has 4 aromatic rings. The van der Waals surface area contributed by atoms with Crippen molar-refractivity contribution < 1.29 is 4.79 Å². The molecule has 1 amide bonds. The van der Waals surface area contributed by atoms with Gasteiger partial charge in [0.2, 0.25) is 0 Å². The van der Waals surface area contributed by atoms with E-state index in [1.54, 1.807) is 11.3 Å². The standard InChI is InChI=1S/C28H26N2OS/c31-28(30-17-16-29-20-23(30)19-21-9-3-1-4-10-21)26-15-18-32-27(26)25-14-8-7-13-24(25)22-11-5-2-6-12-22/h1-15,18,23,29H,16-17,19-20H2/t23-/m1/s1. The maximum absolute atomic E-state index is 13.8. The minimum Gasteiger partial charge on any atom is -0.333 e. The first-order valence-electron chi connectivity index (χ1n) is 11.1. The number of rotatable bonds is 5. The third-order valence-electron chi connectivity index (χ3n) is 6.08. The van der Waals surface area contributed by atoms with Gasteiger partial charge in [0.25, 0.3) is 5.91 Å². The Morgan fingerprint density at radius 1 is 0.875 bits per heavy atom. The molecule has 160 valence electrons. The van der Waals surface area contributed by atoms with E-state index >= 15 is 0 Å². The summed E-state index contributed by atoms with van der Waals surface area (Å²) in [5, 5.41) is 5.51. The molecule has 1 aliphatic rings. The highest BCUT2D eigenvalue weighted by Crippen LogP contribution is 2.38. The van der Waals surface area contributed by atoms with Gasteiger partial charge in [-0.05, 0) is 34.6 Å². The van der Waals surface area contributed by atoms with Crippen molar-refractivity contribution >= 4 is 17.2 Å². The van der Waals surface area contributed by atoms with Gasteiger partial charge in [-0.2, -0.15) is 0 Å². The van der Waals surface area contributed by atoms with Crippen LogP contribution in [0.15, 0.2) is 96.4 Å². The number of carbonyl (C=O) groups excluding carboxylic acids is 1. The third kappa shape index (κ3) is 4.24. The molecule has 1 atom stereocenters. The zero-order chi connectivity index (χ0) is 21.8. The molecule has 0 aliphatic carbocycles. The van der Waals surface area contributed by atoms with E-state index in [2.05, 4.69) is 83.0 Å². The van der Waals surface area contributed by atoms with Crippen molar-refractivity contribution in [3.05, 3.63) is 108 Å². The van der Waals surface area contributed by atoms with Crippen molar-refractivity contribution in [1.29, 1.82) is 0 Å². The number of nitrogens with one attached hydrogen (secondary N) is 1. The van der Waals surface area contributed by atoms with E-state index in [-0.39, 0.29) is 11.9 Å². The summed E-state index contributed by atoms with van der Waals surface area (Å²) in [6.07, 6.45) is 0.861. The number of hydrogen-bond donors (Lipinski definition) is 1. The minimum atomic E-state index is 0.131.